The first-order chi connectivity index (χ1) is 19.6. The number of fused-ring (bicyclic) bond motifs is 2. The Kier molecular flexibility index (Phi) is 6.95. The quantitative estimate of drug-likeness (QED) is 0.560. The lowest BCUT2D eigenvalue weighted by Crippen LogP contribution is -2.59. The van der Waals surface area contributed by atoms with Gasteiger partial charge in [0.15, 0.2) is 11.6 Å². The van der Waals surface area contributed by atoms with Gasteiger partial charge in [0.25, 0.3) is 0 Å². The molecule has 1 unspecified atom stereocenters. The summed E-state index contributed by atoms with van der Waals surface area (Å²) in [5, 5.41) is 4.33. The predicted molar refractivity (Wildman–Crippen MR) is 144 cm³/mol. The van der Waals surface area contributed by atoms with Gasteiger partial charge in [0, 0.05) is 25.2 Å². The van der Waals surface area contributed by atoms with Crippen molar-refractivity contribution >= 4 is 17.4 Å². The van der Waals surface area contributed by atoms with E-state index in [-0.39, 0.29) is 13.0 Å². The van der Waals surface area contributed by atoms with Gasteiger partial charge in [-0.25, -0.2) is 14.3 Å². The Morgan fingerprint density at radius 3 is 2.48 bits per heavy atom. The van der Waals surface area contributed by atoms with Gasteiger partial charge in [0.05, 0.1) is 5.69 Å². The predicted octanol–water partition coefficient (Wildman–Crippen LogP) is 4.07. The summed E-state index contributed by atoms with van der Waals surface area (Å²) in [6.07, 6.45) is -4.82. The molecule has 6 rings (SSSR count). The highest BCUT2D eigenvalue weighted by atomic mass is 19.4. The smallest absolute Gasteiger partial charge is 0.410 e. The van der Waals surface area contributed by atoms with E-state index in [0.29, 0.717) is 49.4 Å². The fourth-order valence-corrected chi connectivity index (χ4v) is 7.12. The summed E-state index contributed by atoms with van der Waals surface area (Å²) in [6, 6.07) is 1.98. The highest BCUT2D eigenvalue weighted by Crippen LogP contribution is 2.50. The van der Waals surface area contributed by atoms with Crippen LogP contribution in [-0.4, -0.2) is 97.6 Å². The molecule has 0 saturated carbocycles. The number of rotatable bonds is 3. The topological polar surface area (TPSA) is 117 Å². The second kappa shape index (κ2) is 9.93. The second-order valence-corrected chi connectivity index (χ2v) is 13.3. The molecule has 0 aliphatic carbocycles. The van der Waals surface area contributed by atoms with E-state index in [0.717, 1.165) is 0 Å². The van der Waals surface area contributed by atoms with E-state index in [1.165, 1.54) is 6.33 Å². The van der Waals surface area contributed by atoms with E-state index in [1.54, 1.807) is 55.0 Å². The van der Waals surface area contributed by atoms with Crippen molar-refractivity contribution in [3.05, 3.63) is 24.2 Å². The summed E-state index contributed by atoms with van der Waals surface area (Å²) in [4.78, 5) is 19.9. The summed E-state index contributed by atoms with van der Waals surface area (Å²) in [6.45, 7) is 9.60. The summed E-state index contributed by atoms with van der Waals surface area (Å²) in [5.41, 5.74) is 5.91. The zero-order chi connectivity index (χ0) is 30.2. The minimum Gasteiger partial charge on any atom is -0.444 e. The Morgan fingerprint density at radius 1 is 1.12 bits per heavy atom. The molecule has 232 valence electrons. The third kappa shape index (κ3) is 5.20. The number of ether oxygens (including phenoxy) is 4. The number of amides is 1. The number of carbonyl (C=O) groups is 1. The molecular formula is C28H39F3N6O5. The van der Waals surface area contributed by atoms with Gasteiger partial charge in [-0.2, -0.15) is 18.3 Å². The normalized spacial score (nSPS) is 31.2. The van der Waals surface area contributed by atoms with E-state index >= 15 is 0 Å². The van der Waals surface area contributed by atoms with Crippen molar-refractivity contribution in [3.8, 4) is 0 Å². The van der Waals surface area contributed by atoms with Crippen molar-refractivity contribution in [1.29, 1.82) is 0 Å². The van der Waals surface area contributed by atoms with Gasteiger partial charge in [-0.05, 0) is 72.4 Å². The van der Waals surface area contributed by atoms with Crippen LogP contribution in [0.1, 0.15) is 72.1 Å². The molecule has 0 aromatic carbocycles. The standard InChI is InChI=1S/C28H39F3N6O5/c1-25(2,3)42-24(38)35-12-10-27(11-13-35)9-8-19(28(29,30)31)36(27)14-18-21-22(41-26(4,5)40-21)20(39-18)16-6-7-17-23(32)33-15-34-37(16)17/h6-7,15,18-22H,8-14H2,1-5H3,(H2,32,33,34)/t18-,19?,20+,21-,22+/m1/s1. The zero-order valence-electron chi connectivity index (χ0n) is 24.6. The molecule has 6 heterocycles. The second-order valence-electron chi connectivity index (χ2n) is 13.3. The number of nitrogens with zero attached hydrogens (tertiary/aromatic N) is 5. The Balaban J connectivity index is 1.27. The van der Waals surface area contributed by atoms with Crippen molar-refractivity contribution in [3.63, 3.8) is 0 Å². The summed E-state index contributed by atoms with van der Waals surface area (Å²) in [5.74, 6) is -0.641. The largest absolute Gasteiger partial charge is 0.444 e. The monoisotopic (exact) mass is 596 g/mol. The number of alkyl halides is 3. The SMILES string of the molecule is CC(C)(C)OC(=O)N1CCC2(CCC(C(F)(F)F)N2C[C@H]2O[C@@H](c3ccc4c(N)ncnn34)[C@@H]3OC(C)(C)O[C@@H]32)CC1. The molecule has 1 spiro atoms. The Labute approximate surface area is 242 Å². The van der Waals surface area contributed by atoms with Gasteiger partial charge in [-0.1, -0.05) is 0 Å². The van der Waals surface area contributed by atoms with Crippen LogP contribution >= 0.6 is 0 Å². The van der Waals surface area contributed by atoms with Crippen LogP contribution in [-0.2, 0) is 18.9 Å². The molecule has 4 aliphatic heterocycles. The molecule has 5 atom stereocenters. The maximum Gasteiger partial charge on any atom is 0.410 e. The molecule has 11 nitrogen and oxygen atoms in total. The number of hydrogen-bond donors (Lipinski definition) is 1. The first-order valence-corrected chi connectivity index (χ1v) is 14.5. The fraction of sp³-hybridized carbons (Fsp3) is 0.750. The lowest BCUT2D eigenvalue weighted by molar-refractivity contribution is -0.207. The van der Waals surface area contributed by atoms with Crippen LogP contribution in [0.25, 0.3) is 5.52 Å². The molecule has 1 amide bonds. The first kappa shape index (κ1) is 29.4. The Morgan fingerprint density at radius 2 is 1.81 bits per heavy atom. The number of piperidine rings is 1. The number of carbonyl (C=O) groups excluding carboxylic acids is 1. The van der Waals surface area contributed by atoms with Crippen LogP contribution in [0.3, 0.4) is 0 Å². The molecule has 14 heteroatoms. The van der Waals surface area contributed by atoms with Gasteiger partial charge in [0.1, 0.15) is 47.9 Å². The van der Waals surface area contributed by atoms with E-state index < -0.39 is 59.7 Å². The van der Waals surface area contributed by atoms with Crippen molar-refractivity contribution in [2.45, 2.75) is 114 Å². The van der Waals surface area contributed by atoms with Gasteiger partial charge >= 0.3 is 12.3 Å². The number of nitrogen functional groups attached to an aromatic ring is 1. The van der Waals surface area contributed by atoms with Gasteiger partial charge in [-0.15, -0.1) is 0 Å². The molecule has 0 radical (unpaired) electrons. The molecule has 4 saturated heterocycles. The molecule has 2 N–H and O–H groups in total. The molecule has 4 aliphatic rings. The van der Waals surface area contributed by atoms with Crippen molar-refractivity contribution in [2.75, 3.05) is 25.4 Å². The van der Waals surface area contributed by atoms with Crippen LogP contribution in [0, 0.1) is 0 Å². The molecular weight excluding hydrogens is 557 g/mol. The Bertz CT molecular complexity index is 1340. The van der Waals surface area contributed by atoms with Gasteiger partial charge < -0.3 is 29.6 Å². The van der Waals surface area contributed by atoms with Crippen LogP contribution in [0.4, 0.5) is 23.8 Å². The summed E-state index contributed by atoms with van der Waals surface area (Å²) in [7, 11) is 0. The average Bonchev–Trinajstić information content (AvgIpc) is 3.61. The highest BCUT2D eigenvalue weighted by Gasteiger charge is 2.61. The maximum atomic E-state index is 14.5. The van der Waals surface area contributed by atoms with Crippen LogP contribution in [0.15, 0.2) is 18.5 Å². The molecule has 42 heavy (non-hydrogen) atoms. The lowest BCUT2D eigenvalue weighted by Gasteiger charge is -2.47. The van der Waals surface area contributed by atoms with Gasteiger partial charge in [-0.3, -0.25) is 4.90 Å². The maximum absolute atomic E-state index is 14.5. The van der Waals surface area contributed by atoms with E-state index in [2.05, 4.69) is 10.1 Å². The summed E-state index contributed by atoms with van der Waals surface area (Å²) < 4.78 is 69.6. The van der Waals surface area contributed by atoms with E-state index in [9.17, 15) is 18.0 Å². The van der Waals surface area contributed by atoms with E-state index in [1.807, 2.05) is 6.07 Å². The molecule has 4 fully saturated rings. The minimum atomic E-state index is -4.41. The highest BCUT2D eigenvalue weighted by molar-refractivity contribution is 5.68. The zero-order valence-corrected chi connectivity index (χ0v) is 24.6. The molecule has 2 aromatic rings. The number of aromatic nitrogens is 3. The average molecular weight is 597 g/mol. The third-order valence-corrected chi connectivity index (χ3v) is 8.92. The number of anilines is 1. The number of hydrogen-bond acceptors (Lipinski definition) is 9. The van der Waals surface area contributed by atoms with Crippen LogP contribution in [0.2, 0.25) is 0 Å². The first-order valence-electron chi connectivity index (χ1n) is 14.5. The minimum absolute atomic E-state index is 0.00809. The fourth-order valence-electron chi connectivity index (χ4n) is 7.12. The van der Waals surface area contributed by atoms with E-state index in [4.69, 9.17) is 24.7 Å². The van der Waals surface area contributed by atoms with Crippen LogP contribution in [0.5, 0.6) is 0 Å². The van der Waals surface area contributed by atoms with Crippen LogP contribution < -0.4 is 5.73 Å². The Hall–Kier alpha value is -2.68. The molecule has 2 aromatic heterocycles. The third-order valence-electron chi connectivity index (χ3n) is 8.92. The van der Waals surface area contributed by atoms with Gasteiger partial charge in [0.2, 0.25) is 0 Å². The number of nitrogens with two attached hydrogens (primary N) is 1. The number of halogens is 3. The van der Waals surface area contributed by atoms with Crippen molar-refractivity contribution < 1.29 is 36.9 Å². The number of likely N-dealkylation sites (tertiary alicyclic amines) is 2. The van der Waals surface area contributed by atoms with Crippen molar-refractivity contribution in [1.82, 2.24) is 24.4 Å². The lowest BCUT2D eigenvalue weighted by atomic mass is 9.84. The summed E-state index contributed by atoms with van der Waals surface area (Å²) >= 11 is 0. The molecule has 0 bridgehead atoms. The van der Waals surface area contributed by atoms with Crippen molar-refractivity contribution in [2.24, 2.45) is 0 Å².